The maximum absolute atomic E-state index is 13.4. The molecule has 1 atom stereocenters. The molecule has 0 radical (unpaired) electrons. The maximum atomic E-state index is 13.4. The molecule has 4 heteroatoms. The summed E-state index contributed by atoms with van der Waals surface area (Å²) in [6, 6.07) is 24.5. The summed E-state index contributed by atoms with van der Waals surface area (Å²) in [7, 11) is 0. The average molecular weight is 359 g/mol. The van der Waals surface area contributed by atoms with Gasteiger partial charge < -0.3 is 10.0 Å². The summed E-state index contributed by atoms with van der Waals surface area (Å²) in [5.41, 5.74) is 3.03. The first-order valence-corrected chi connectivity index (χ1v) is 8.74. The molecule has 0 saturated carbocycles. The van der Waals surface area contributed by atoms with Crippen molar-refractivity contribution in [2.75, 3.05) is 0 Å². The molecular weight excluding hydrogens is 341 g/mol. The van der Waals surface area contributed by atoms with E-state index < -0.39 is 11.9 Å². The molecule has 3 nitrogen and oxygen atoms in total. The molecule has 0 saturated heterocycles. The van der Waals surface area contributed by atoms with E-state index in [-0.39, 0.29) is 11.6 Å². The first-order chi connectivity index (χ1) is 13.1. The topological polar surface area (TPSA) is 40.5 Å². The van der Waals surface area contributed by atoms with Crippen LogP contribution < -0.4 is 0 Å². The van der Waals surface area contributed by atoms with E-state index in [4.69, 9.17) is 0 Å². The van der Waals surface area contributed by atoms with Crippen LogP contribution in [0.4, 0.5) is 4.39 Å². The van der Waals surface area contributed by atoms with Gasteiger partial charge in [0.2, 0.25) is 0 Å². The van der Waals surface area contributed by atoms with Gasteiger partial charge in [-0.2, -0.15) is 0 Å². The Morgan fingerprint density at radius 3 is 2.07 bits per heavy atom. The van der Waals surface area contributed by atoms with E-state index in [1.54, 1.807) is 17.0 Å². The van der Waals surface area contributed by atoms with Crippen molar-refractivity contribution in [1.82, 2.24) is 4.90 Å². The molecule has 3 aromatic rings. The predicted molar refractivity (Wildman–Crippen MR) is 102 cm³/mol. The Balaban J connectivity index is 1.81. The number of hydrogen-bond acceptors (Lipinski definition) is 2. The van der Waals surface area contributed by atoms with Gasteiger partial charge >= 0.3 is 0 Å². The SMILES string of the molecule is O=C1C(O)=C(c2ccccc2)[C@H](c2ccc(F)cc2)N1Cc1ccccc1. The molecule has 3 aromatic carbocycles. The van der Waals surface area contributed by atoms with Crippen LogP contribution in [0.3, 0.4) is 0 Å². The van der Waals surface area contributed by atoms with Crippen molar-refractivity contribution < 1.29 is 14.3 Å². The van der Waals surface area contributed by atoms with Gasteiger partial charge in [-0.1, -0.05) is 72.8 Å². The van der Waals surface area contributed by atoms with Gasteiger partial charge in [0.15, 0.2) is 5.76 Å². The van der Waals surface area contributed by atoms with Crippen LogP contribution in [0, 0.1) is 5.82 Å². The molecule has 0 fully saturated rings. The van der Waals surface area contributed by atoms with Crippen molar-refractivity contribution in [1.29, 1.82) is 0 Å². The van der Waals surface area contributed by atoms with E-state index in [0.29, 0.717) is 12.1 Å². The summed E-state index contributed by atoms with van der Waals surface area (Å²) in [5.74, 6) is -1.02. The highest BCUT2D eigenvalue weighted by Gasteiger charge is 2.40. The minimum absolute atomic E-state index is 0.258. The van der Waals surface area contributed by atoms with E-state index >= 15 is 0 Å². The normalized spacial score (nSPS) is 16.9. The lowest BCUT2D eigenvalue weighted by Crippen LogP contribution is -2.29. The Kier molecular flexibility index (Phi) is 4.47. The van der Waals surface area contributed by atoms with Crippen LogP contribution in [-0.4, -0.2) is 15.9 Å². The zero-order valence-electron chi connectivity index (χ0n) is 14.5. The second-order valence-corrected chi connectivity index (χ2v) is 6.50. The minimum Gasteiger partial charge on any atom is -0.503 e. The Hall–Kier alpha value is -3.40. The summed E-state index contributed by atoms with van der Waals surface area (Å²) in [4.78, 5) is 14.5. The molecule has 1 N–H and O–H groups in total. The highest BCUT2D eigenvalue weighted by atomic mass is 19.1. The van der Waals surface area contributed by atoms with Crippen molar-refractivity contribution in [3.05, 3.63) is 113 Å². The predicted octanol–water partition coefficient (Wildman–Crippen LogP) is 4.88. The lowest BCUT2D eigenvalue weighted by atomic mass is 9.93. The van der Waals surface area contributed by atoms with Gasteiger partial charge in [0.05, 0.1) is 6.04 Å². The zero-order chi connectivity index (χ0) is 18.8. The molecule has 134 valence electrons. The standard InChI is InChI=1S/C23H18FNO2/c24-19-13-11-18(12-14-19)21-20(17-9-5-2-6-10-17)22(26)23(27)25(21)15-16-7-3-1-4-8-16/h1-14,21,26H,15H2/t21-/m0/s1. The van der Waals surface area contributed by atoms with Gasteiger partial charge in [-0.15, -0.1) is 0 Å². The van der Waals surface area contributed by atoms with Gasteiger partial charge in [-0.3, -0.25) is 4.79 Å². The van der Waals surface area contributed by atoms with E-state index in [9.17, 15) is 14.3 Å². The fraction of sp³-hybridized carbons (Fsp3) is 0.0870. The van der Waals surface area contributed by atoms with Crippen molar-refractivity contribution in [3.8, 4) is 0 Å². The molecule has 1 aliphatic rings. The van der Waals surface area contributed by atoms with Crippen LogP contribution in [0.1, 0.15) is 22.7 Å². The molecule has 1 heterocycles. The third-order valence-electron chi connectivity index (χ3n) is 4.77. The smallest absolute Gasteiger partial charge is 0.290 e. The molecular formula is C23H18FNO2. The monoisotopic (exact) mass is 359 g/mol. The quantitative estimate of drug-likeness (QED) is 0.721. The Labute approximate surface area is 157 Å². The fourth-order valence-corrected chi connectivity index (χ4v) is 3.50. The Bertz CT molecular complexity index is 982. The average Bonchev–Trinajstić information content (AvgIpc) is 2.95. The first kappa shape index (κ1) is 17.0. The molecule has 0 unspecified atom stereocenters. The largest absolute Gasteiger partial charge is 0.503 e. The lowest BCUT2D eigenvalue weighted by Gasteiger charge is -2.27. The van der Waals surface area contributed by atoms with Gasteiger partial charge in [0.1, 0.15) is 5.82 Å². The molecule has 27 heavy (non-hydrogen) atoms. The molecule has 1 aliphatic heterocycles. The van der Waals surface area contributed by atoms with Crippen LogP contribution in [0.15, 0.2) is 90.7 Å². The summed E-state index contributed by atoms with van der Waals surface area (Å²) >= 11 is 0. The van der Waals surface area contributed by atoms with E-state index in [1.165, 1.54) is 12.1 Å². The maximum Gasteiger partial charge on any atom is 0.290 e. The lowest BCUT2D eigenvalue weighted by molar-refractivity contribution is -0.130. The summed E-state index contributed by atoms with van der Waals surface area (Å²) in [6.45, 7) is 0.349. The summed E-state index contributed by atoms with van der Waals surface area (Å²) in [5, 5.41) is 10.7. The van der Waals surface area contributed by atoms with Crippen LogP contribution >= 0.6 is 0 Å². The number of carbonyl (C=O) groups excluding carboxylic acids is 1. The Morgan fingerprint density at radius 1 is 0.852 bits per heavy atom. The van der Waals surface area contributed by atoms with Crippen LogP contribution in [-0.2, 0) is 11.3 Å². The van der Waals surface area contributed by atoms with Crippen molar-refractivity contribution in [2.24, 2.45) is 0 Å². The molecule has 0 aliphatic carbocycles. The second-order valence-electron chi connectivity index (χ2n) is 6.50. The van der Waals surface area contributed by atoms with Gasteiger partial charge in [-0.05, 0) is 28.8 Å². The molecule has 0 spiro atoms. The third kappa shape index (κ3) is 3.22. The van der Waals surface area contributed by atoms with Crippen molar-refractivity contribution >= 4 is 11.5 Å². The van der Waals surface area contributed by atoms with Gasteiger partial charge in [-0.25, -0.2) is 4.39 Å². The third-order valence-corrected chi connectivity index (χ3v) is 4.77. The van der Waals surface area contributed by atoms with E-state index in [0.717, 1.165) is 16.7 Å². The number of halogens is 1. The number of nitrogens with zero attached hydrogens (tertiary/aromatic N) is 1. The van der Waals surface area contributed by atoms with E-state index in [1.807, 2.05) is 60.7 Å². The van der Waals surface area contributed by atoms with Crippen LogP contribution in [0.2, 0.25) is 0 Å². The molecule has 0 bridgehead atoms. The molecule has 4 rings (SSSR count). The number of aliphatic hydroxyl groups excluding tert-OH is 1. The highest BCUT2D eigenvalue weighted by molar-refractivity contribution is 6.05. The Morgan fingerprint density at radius 2 is 1.44 bits per heavy atom. The van der Waals surface area contributed by atoms with Crippen molar-refractivity contribution in [3.63, 3.8) is 0 Å². The van der Waals surface area contributed by atoms with Crippen molar-refractivity contribution in [2.45, 2.75) is 12.6 Å². The van der Waals surface area contributed by atoms with Gasteiger partial charge in [0, 0.05) is 12.1 Å². The first-order valence-electron chi connectivity index (χ1n) is 8.74. The summed E-state index contributed by atoms with van der Waals surface area (Å²) in [6.07, 6.45) is 0. The fourth-order valence-electron chi connectivity index (χ4n) is 3.50. The van der Waals surface area contributed by atoms with Crippen LogP contribution in [0.25, 0.3) is 5.57 Å². The molecule has 1 amide bonds. The zero-order valence-corrected chi connectivity index (χ0v) is 14.5. The van der Waals surface area contributed by atoms with E-state index in [2.05, 4.69) is 0 Å². The number of carbonyl (C=O) groups is 1. The van der Waals surface area contributed by atoms with Crippen LogP contribution in [0.5, 0.6) is 0 Å². The minimum atomic E-state index is -0.485. The van der Waals surface area contributed by atoms with Gasteiger partial charge in [0.25, 0.3) is 5.91 Å². The summed E-state index contributed by atoms with van der Waals surface area (Å²) < 4.78 is 13.4. The molecule has 0 aromatic heterocycles. The number of benzene rings is 3. The second kappa shape index (κ2) is 7.08. The highest BCUT2D eigenvalue weighted by Crippen LogP contribution is 2.43. The number of aliphatic hydroxyl groups is 1. The number of rotatable bonds is 4. The number of amides is 1. The number of hydrogen-bond donors (Lipinski definition) is 1.